The Balaban J connectivity index is 1.80. The third-order valence-electron chi connectivity index (χ3n) is 5.52. The van der Waals surface area contributed by atoms with Crippen LogP contribution in [0.2, 0.25) is 0 Å². The molecule has 1 heteroatoms. The zero-order chi connectivity index (χ0) is 7.92. The molecule has 0 aromatic heterocycles. The molecule has 5 aliphatic rings. The van der Waals surface area contributed by atoms with Crippen molar-refractivity contribution >= 4 is 0 Å². The minimum Gasteiger partial charge on any atom is -0.316 e. The second-order valence-corrected chi connectivity index (χ2v) is 5.58. The maximum Gasteiger partial charge on any atom is 0.0154 e. The molecule has 5 saturated carbocycles. The minimum atomic E-state index is 0.839. The molecule has 1 N–H and O–H groups in total. The van der Waals surface area contributed by atoms with Gasteiger partial charge in [0.05, 0.1) is 0 Å². The molecule has 0 saturated heterocycles. The molecule has 0 radical (unpaired) electrons. The van der Waals surface area contributed by atoms with Crippen molar-refractivity contribution in [3.05, 3.63) is 0 Å². The van der Waals surface area contributed by atoms with Crippen molar-refractivity contribution in [2.24, 2.45) is 29.1 Å². The van der Waals surface area contributed by atoms with Gasteiger partial charge in [0.1, 0.15) is 0 Å². The zero-order valence-electron chi connectivity index (χ0n) is 7.72. The van der Waals surface area contributed by atoms with Gasteiger partial charge in [0.2, 0.25) is 0 Å². The smallest absolute Gasteiger partial charge is 0.0154 e. The first kappa shape index (κ1) is 6.42. The Labute approximate surface area is 73.9 Å². The summed E-state index contributed by atoms with van der Waals surface area (Å²) in [5.74, 6) is 4.61. The largest absolute Gasteiger partial charge is 0.316 e. The van der Waals surface area contributed by atoms with Crippen molar-refractivity contribution in [2.45, 2.75) is 31.7 Å². The average molecular weight is 163 g/mol. The van der Waals surface area contributed by atoms with Crippen molar-refractivity contribution in [3.63, 3.8) is 0 Å². The van der Waals surface area contributed by atoms with E-state index in [0.29, 0.717) is 0 Å². The highest BCUT2D eigenvalue weighted by atomic mass is 15.0. The molecule has 4 bridgehead atoms. The molecule has 5 rings (SSSR count). The number of hydrogen-bond donors (Lipinski definition) is 1. The Morgan fingerprint density at radius 2 is 1.92 bits per heavy atom. The zero-order valence-corrected chi connectivity index (χ0v) is 7.72. The average Bonchev–Trinajstić information content (AvgIpc) is 2.51. The molecule has 12 heavy (non-hydrogen) atoms. The monoisotopic (exact) mass is 163 g/mol. The summed E-state index contributed by atoms with van der Waals surface area (Å²) in [6.45, 7) is 0. The van der Waals surface area contributed by atoms with Gasteiger partial charge in [-0.05, 0) is 61.8 Å². The van der Waals surface area contributed by atoms with E-state index in [-0.39, 0.29) is 0 Å². The fourth-order valence-corrected chi connectivity index (χ4v) is 5.21. The third kappa shape index (κ3) is 0.433. The maximum absolute atomic E-state index is 3.61. The van der Waals surface area contributed by atoms with Gasteiger partial charge in [0.15, 0.2) is 0 Å². The molecule has 1 spiro atoms. The number of hydrogen-bond acceptors (Lipinski definition) is 1. The van der Waals surface area contributed by atoms with Gasteiger partial charge in [-0.3, -0.25) is 0 Å². The fraction of sp³-hybridized carbons (Fsp3) is 1.00. The topological polar surface area (TPSA) is 12.0 Å². The maximum atomic E-state index is 3.61. The third-order valence-corrected chi connectivity index (χ3v) is 5.52. The summed E-state index contributed by atoms with van der Waals surface area (Å²) in [6.07, 6.45) is 6.26. The second-order valence-electron chi connectivity index (χ2n) is 5.58. The van der Waals surface area contributed by atoms with E-state index in [1.54, 1.807) is 25.7 Å². The van der Waals surface area contributed by atoms with Gasteiger partial charge in [-0.2, -0.15) is 0 Å². The summed E-state index contributed by atoms with van der Waals surface area (Å²) < 4.78 is 0. The minimum absolute atomic E-state index is 0.839. The standard InChI is InChI=1S/C11H17N/c1-12-10-8-5-6-4-7(8)9(6)11(10)2-3-11/h6-10,12H,2-5H2,1H3. The van der Waals surface area contributed by atoms with Crippen molar-refractivity contribution in [3.8, 4) is 0 Å². The van der Waals surface area contributed by atoms with Crippen molar-refractivity contribution < 1.29 is 0 Å². The summed E-state index contributed by atoms with van der Waals surface area (Å²) >= 11 is 0. The molecule has 0 heterocycles. The highest BCUT2D eigenvalue weighted by molar-refractivity contribution is 5.26. The Kier molecular flexibility index (Phi) is 0.863. The molecule has 5 unspecified atom stereocenters. The normalized spacial score (nSPS) is 62.2. The van der Waals surface area contributed by atoms with Crippen LogP contribution in [-0.2, 0) is 0 Å². The molecule has 1 nitrogen and oxygen atoms in total. The number of nitrogens with one attached hydrogen (secondary N) is 1. The van der Waals surface area contributed by atoms with Crippen LogP contribution >= 0.6 is 0 Å². The summed E-state index contributed by atoms with van der Waals surface area (Å²) in [7, 11) is 2.18. The van der Waals surface area contributed by atoms with Crippen LogP contribution < -0.4 is 5.32 Å². The SMILES string of the molecule is CNC1C2CC3CC2C3C12CC2. The van der Waals surface area contributed by atoms with E-state index in [4.69, 9.17) is 0 Å². The highest BCUT2D eigenvalue weighted by Crippen LogP contribution is 2.78. The van der Waals surface area contributed by atoms with E-state index in [1.165, 1.54) is 11.8 Å². The van der Waals surface area contributed by atoms with E-state index in [2.05, 4.69) is 12.4 Å². The van der Waals surface area contributed by atoms with E-state index >= 15 is 0 Å². The van der Waals surface area contributed by atoms with Gasteiger partial charge in [0.25, 0.3) is 0 Å². The first-order chi connectivity index (χ1) is 5.87. The molecule has 0 aromatic carbocycles. The molecular weight excluding hydrogens is 146 g/mol. The molecule has 5 atom stereocenters. The second kappa shape index (κ2) is 1.61. The Bertz CT molecular complexity index is 243. The van der Waals surface area contributed by atoms with Crippen molar-refractivity contribution in [2.75, 3.05) is 7.05 Å². The first-order valence-corrected chi connectivity index (χ1v) is 5.54. The molecule has 5 aliphatic carbocycles. The van der Waals surface area contributed by atoms with Gasteiger partial charge in [-0.1, -0.05) is 0 Å². The van der Waals surface area contributed by atoms with Crippen LogP contribution in [0.5, 0.6) is 0 Å². The Morgan fingerprint density at radius 3 is 2.58 bits per heavy atom. The summed E-state index contributed by atoms with van der Waals surface area (Å²) in [4.78, 5) is 0. The van der Waals surface area contributed by atoms with Crippen LogP contribution in [0, 0.1) is 29.1 Å². The Morgan fingerprint density at radius 1 is 1.17 bits per heavy atom. The van der Waals surface area contributed by atoms with E-state index in [1.807, 2.05) is 0 Å². The lowest BCUT2D eigenvalue weighted by atomic mass is 9.66. The lowest BCUT2D eigenvalue weighted by Gasteiger charge is -2.40. The van der Waals surface area contributed by atoms with Crippen molar-refractivity contribution in [1.82, 2.24) is 5.32 Å². The van der Waals surface area contributed by atoms with Crippen LogP contribution in [0.15, 0.2) is 0 Å². The fourth-order valence-electron chi connectivity index (χ4n) is 5.21. The molecule has 5 fully saturated rings. The van der Waals surface area contributed by atoms with E-state index < -0.39 is 0 Å². The summed E-state index contributed by atoms with van der Waals surface area (Å²) in [5, 5.41) is 3.61. The van der Waals surface area contributed by atoms with Crippen LogP contribution in [0.1, 0.15) is 25.7 Å². The van der Waals surface area contributed by atoms with Crippen molar-refractivity contribution in [1.29, 1.82) is 0 Å². The lowest BCUT2D eigenvalue weighted by Crippen LogP contribution is -2.42. The molecule has 0 aromatic rings. The molecule has 0 amide bonds. The van der Waals surface area contributed by atoms with Crippen LogP contribution in [0.4, 0.5) is 0 Å². The van der Waals surface area contributed by atoms with Gasteiger partial charge in [0, 0.05) is 6.04 Å². The van der Waals surface area contributed by atoms with E-state index in [0.717, 1.165) is 23.3 Å². The quantitative estimate of drug-likeness (QED) is 0.619. The molecular formula is C11H17N. The molecule has 66 valence electrons. The first-order valence-electron chi connectivity index (χ1n) is 5.54. The van der Waals surface area contributed by atoms with Gasteiger partial charge < -0.3 is 5.32 Å². The van der Waals surface area contributed by atoms with Gasteiger partial charge in [-0.15, -0.1) is 0 Å². The van der Waals surface area contributed by atoms with Crippen LogP contribution in [0.3, 0.4) is 0 Å². The summed E-state index contributed by atoms with van der Waals surface area (Å²) in [6, 6.07) is 0.922. The predicted molar refractivity (Wildman–Crippen MR) is 47.7 cm³/mol. The van der Waals surface area contributed by atoms with E-state index in [9.17, 15) is 0 Å². The lowest BCUT2D eigenvalue weighted by molar-refractivity contribution is 0.0914. The number of rotatable bonds is 1. The highest BCUT2D eigenvalue weighted by Gasteiger charge is 2.75. The van der Waals surface area contributed by atoms with Crippen LogP contribution in [0.25, 0.3) is 0 Å². The van der Waals surface area contributed by atoms with Gasteiger partial charge in [-0.25, -0.2) is 0 Å². The Hall–Kier alpha value is -0.0400. The summed E-state index contributed by atoms with van der Waals surface area (Å²) in [5.41, 5.74) is 0.839. The van der Waals surface area contributed by atoms with Gasteiger partial charge >= 0.3 is 0 Å². The predicted octanol–water partition coefficient (Wildman–Crippen LogP) is 1.64. The van der Waals surface area contributed by atoms with Crippen LogP contribution in [-0.4, -0.2) is 13.1 Å². The molecule has 0 aliphatic heterocycles.